The van der Waals surface area contributed by atoms with Gasteiger partial charge in [0.05, 0.1) is 12.0 Å². The number of aryl methyl sites for hydroxylation is 1. The Labute approximate surface area is 180 Å². The molecule has 0 saturated heterocycles. The van der Waals surface area contributed by atoms with E-state index in [2.05, 4.69) is 15.6 Å². The molecule has 5 rings (SSSR count). The standard InChI is InChI=1S/C23H25N3O5/c1-11-9-12(29-15-7-8-24-21-13(15)5-6-16(27)25-21)10-14-17-18(20(17)30-19(11)14)26-22(28)31-23(2,3)4/h7-10,17-18,20H,5-6H2,1-4H3,(H,26,28)(H,24,25,27). The molecular formula is C23H25N3O5. The largest absolute Gasteiger partial charge is 0.487 e. The van der Waals surface area contributed by atoms with E-state index in [0.717, 1.165) is 22.4 Å². The molecule has 162 valence electrons. The van der Waals surface area contributed by atoms with Crippen molar-refractivity contribution in [1.29, 1.82) is 0 Å². The number of aromatic nitrogens is 1. The molecule has 8 heteroatoms. The van der Waals surface area contributed by atoms with Crippen LogP contribution in [0.3, 0.4) is 0 Å². The molecule has 2 aromatic rings. The topological polar surface area (TPSA) is 98.8 Å². The number of fused-ring (bicyclic) bond motifs is 4. The van der Waals surface area contributed by atoms with Gasteiger partial charge in [-0.1, -0.05) is 0 Å². The second-order valence-corrected chi connectivity index (χ2v) is 9.23. The average molecular weight is 423 g/mol. The van der Waals surface area contributed by atoms with E-state index in [1.54, 1.807) is 6.20 Å². The molecule has 3 atom stereocenters. The van der Waals surface area contributed by atoms with Crippen molar-refractivity contribution in [3.63, 3.8) is 0 Å². The number of pyridine rings is 1. The van der Waals surface area contributed by atoms with Crippen molar-refractivity contribution in [3.8, 4) is 17.2 Å². The Balaban J connectivity index is 1.35. The molecule has 1 fully saturated rings. The van der Waals surface area contributed by atoms with Crippen LogP contribution >= 0.6 is 0 Å². The zero-order valence-electron chi connectivity index (χ0n) is 17.9. The van der Waals surface area contributed by atoms with Crippen LogP contribution < -0.4 is 20.1 Å². The van der Waals surface area contributed by atoms with Gasteiger partial charge in [0.15, 0.2) is 0 Å². The number of carbonyl (C=O) groups excluding carboxylic acids is 2. The van der Waals surface area contributed by atoms with Crippen molar-refractivity contribution >= 4 is 17.8 Å². The van der Waals surface area contributed by atoms with Crippen molar-refractivity contribution in [1.82, 2.24) is 10.3 Å². The first kappa shape index (κ1) is 19.7. The van der Waals surface area contributed by atoms with E-state index in [0.29, 0.717) is 30.2 Å². The van der Waals surface area contributed by atoms with Gasteiger partial charge in [-0.15, -0.1) is 0 Å². The van der Waals surface area contributed by atoms with Gasteiger partial charge in [-0.3, -0.25) is 4.79 Å². The number of ether oxygens (including phenoxy) is 3. The minimum absolute atomic E-state index is 0.0361. The van der Waals surface area contributed by atoms with Gasteiger partial charge in [0, 0.05) is 23.7 Å². The molecule has 0 radical (unpaired) electrons. The lowest BCUT2D eigenvalue weighted by Gasteiger charge is -2.21. The minimum atomic E-state index is -0.548. The monoisotopic (exact) mass is 423 g/mol. The van der Waals surface area contributed by atoms with Crippen LogP contribution in [0.15, 0.2) is 24.4 Å². The number of amides is 2. The molecule has 2 aliphatic heterocycles. The van der Waals surface area contributed by atoms with Crippen LogP contribution in [0.2, 0.25) is 0 Å². The fourth-order valence-electron chi connectivity index (χ4n) is 4.27. The Bertz CT molecular complexity index is 1090. The lowest BCUT2D eigenvalue weighted by molar-refractivity contribution is -0.116. The second-order valence-electron chi connectivity index (χ2n) is 9.23. The first-order valence-corrected chi connectivity index (χ1v) is 10.5. The van der Waals surface area contributed by atoms with Crippen molar-refractivity contribution in [2.75, 3.05) is 5.32 Å². The summed E-state index contributed by atoms with van der Waals surface area (Å²) >= 11 is 0. The Morgan fingerprint density at radius 1 is 1.29 bits per heavy atom. The summed E-state index contributed by atoms with van der Waals surface area (Å²) in [6, 6.07) is 5.61. The molecule has 1 aliphatic carbocycles. The molecule has 3 aliphatic rings. The highest BCUT2D eigenvalue weighted by molar-refractivity contribution is 5.93. The molecule has 1 aromatic carbocycles. The molecule has 0 spiro atoms. The maximum absolute atomic E-state index is 12.1. The molecule has 8 nitrogen and oxygen atoms in total. The van der Waals surface area contributed by atoms with Gasteiger partial charge < -0.3 is 24.8 Å². The molecular weight excluding hydrogens is 398 g/mol. The summed E-state index contributed by atoms with van der Waals surface area (Å²) in [7, 11) is 0. The van der Waals surface area contributed by atoms with E-state index in [4.69, 9.17) is 14.2 Å². The Morgan fingerprint density at radius 2 is 2.10 bits per heavy atom. The van der Waals surface area contributed by atoms with E-state index in [-0.39, 0.29) is 24.0 Å². The fourth-order valence-corrected chi connectivity index (χ4v) is 4.27. The second kappa shape index (κ2) is 6.87. The van der Waals surface area contributed by atoms with Gasteiger partial charge >= 0.3 is 6.09 Å². The Kier molecular flexibility index (Phi) is 4.35. The van der Waals surface area contributed by atoms with Crippen LogP contribution in [-0.2, 0) is 16.0 Å². The predicted molar refractivity (Wildman–Crippen MR) is 113 cm³/mol. The molecule has 2 amide bonds. The number of alkyl carbamates (subject to hydrolysis) is 1. The van der Waals surface area contributed by atoms with Crippen molar-refractivity contribution < 1.29 is 23.8 Å². The summed E-state index contributed by atoms with van der Waals surface area (Å²) in [6.07, 6.45) is 2.10. The van der Waals surface area contributed by atoms with Gasteiger partial charge in [-0.25, -0.2) is 9.78 Å². The first-order valence-electron chi connectivity index (χ1n) is 10.5. The maximum Gasteiger partial charge on any atom is 0.408 e. The molecule has 3 unspecified atom stereocenters. The third-order valence-electron chi connectivity index (χ3n) is 5.63. The average Bonchev–Trinajstić information content (AvgIpc) is 3.17. The number of nitrogens with zero attached hydrogens (tertiary/aromatic N) is 1. The van der Waals surface area contributed by atoms with Crippen molar-refractivity contribution in [2.45, 2.75) is 64.2 Å². The van der Waals surface area contributed by atoms with E-state index in [1.807, 2.05) is 45.9 Å². The predicted octanol–water partition coefficient (Wildman–Crippen LogP) is 3.82. The van der Waals surface area contributed by atoms with E-state index in [9.17, 15) is 9.59 Å². The number of anilines is 1. The highest BCUT2D eigenvalue weighted by atomic mass is 16.6. The smallest absolute Gasteiger partial charge is 0.408 e. The quantitative estimate of drug-likeness (QED) is 0.779. The summed E-state index contributed by atoms with van der Waals surface area (Å²) < 4.78 is 17.7. The summed E-state index contributed by atoms with van der Waals surface area (Å²) in [5.41, 5.74) is 2.35. The summed E-state index contributed by atoms with van der Waals surface area (Å²) in [5, 5.41) is 5.70. The number of carbonyl (C=O) groups is 2. The Hall–Kier alpha value is -3.29. The van der Waals surface area contributed by atoms with Gasteiger partial charge in [-0.05, 0) is 57.9 Å². The molecule has 3 heterocycles. The van der Waals surface area contributed by atoms with Crippen LogP contribution in [0, 0.1) is 6.92 Å². The number of benzene rings is 1. The van der Waals surface area contributed by atoms with Gasteiger partial charge in [-0.2, -0.15) is 0 Å². The van der Waals surface area contributed by atoms with Crippen LogP contribution in [0.1, 0.15) is 49.8 Å². The van der Waals surface area contributed by atoms with Crippen LogP contribution in [0.4, 0.5) is 10.6 Å². The zero-order valence-corrected chi connectivity index (χ0v) is 17.9. The highest BCUT2D eigenvalue weighted by Crippen LogP contribution is 2.56. The zero-order chi connectivity index (χ0) is 21.9. The van der Waals surface area contributed by atoms with Gasteiger partial charge in [0.1, 0.15) is 34.8 Å². The summed E-state index contributed by atoms with van der Waals surface area (Å²) in [4.78, 5) is 28.0. The molecule has 1 saturated carbocycles. The Morgan fingerprint density at radius 3 is 2.87 bits per heavy atom. The number of hydrogen-bond donors (Lipinski definition) is 2. The molecule has 31 heavy (non-hydrogen) atoms. The van der Waals surface area contributed by atoms with E-state index >= 15 is 0 Å². The van der Waals surface area contributed by atoms with E-state index < -0.39 is 11.7 Å². The summed E-state index contributed by atoms with van der Waals surface area (Å²) in [5.74, 6) is 2.82. The van der Waals surface area contributed by atoms with Crippen LogP contribution in [0.25, 0.3) is 0 Å². The first-order chi connectivity index (χ1) is 14.7. The lowest BCUT2D eigenvalue weighted by atomic mass is 10.0. The third-order valence-corrected chi connectivity index (χ3v) is 5.63. The van der Waals surface area contributed by atoms with Crippen molar-refractivity contribution in [2.24, 2.45) is 0 Å². The minimum Gasteiger partial charge on any atom is -0.487 e. The normalized spacial score (nSPS) is 23.0. The lowest BCUT2D eigenvalue weighted by Crippen LogP contribution is -2.36. The van der Waals surface area contributed by atoms with E-state index in [1.165, 1.54) is 0 Å². The number of hydrogen-bond acceptors (Lipinski definition) is 6. The molecule has 1 aromatic heterocycles. The number of nitrogens with one attached hydrogen (secondary N) is 2. The fraction of sp³-hybridized carbons (Fsp3) is 0.435. The summed E-state index contributed by atoms with van der Waals surface area (Å²) in [6.45, 7) is 7.49. The van der Waals surface area contributed by atoms with Crippen LogP contribution in [-0.4, -0.2) is 34.7 Å². The van der Waals surface area contributed by atoms with Gasteiger partial charge in [0.25, 0.3) is 0 Å². The van der Waals surface area contributed by atoms with Crippen molar-refractivity contribution in [3.05, 3.63) is 41.1 Å². The highest BCUT2D eigenvalue weighted by Gasteiger charge is 2.60. The number of rotatable bonds is 3. The molecule has 2 N–H and O–H groups in total. The van der Waals surface area contributed by atoms with Crippen LogP contribution in [0.5, 0.6) is 17.2 Å². The molecule has 0 bridgehead atoms. The third kappa shape index (κ3) is 3.66. The SMILES string of the molecule is Cc1cc(Oc2ccnc3c2CCC(=O)N3)cc2c1OC1C(NC(=O)OC(C)(C)C)C21. The maximum atomic E-state index is 12.1. The van der Waals surface area contributed by atoms with Gasteiger partial charge in [0.2, 0.25) is 5.91 Å².